The molecule has 1 aliphatic carbocycles. The first-order valence-electron chi connectivity index (χ1n) is 6.67. The standard InChI is InChI=1S/C13H24N2O/c1-4-12(5-2)11(3)14-13(15(12)16)9-7-6-8-10-13/h16H,4-10H2,1-3H3. The third-order valence-corrected chi connectivity index (χ3v) is 4.67. The minimum atomic E-state index is -0.283. The van der Waals surface area contributed by atoms with Crippen LogP contribution < -0.4 is 0 Å². The summed E-state index contributed by atoms with van der Waals surface area (Å²) in [5.41, 5.74) is 0.646. The molecule has 3 nitrogen and oxygen atoms in total. The first-order valence-corrected chi connectivity index (χ1v) is 6.67. The van der Waals surface area contributed by atoms with Crippen LogP contribution >= 0.6 is 0 Å². The molecule has 0 unspecified atom stereocenters. The molecule has 1 spiro atoms. The minimum Gasteiger partial charge on any atom is -0.311 e. The van der Waals surface area contributed by atoms with Gasteiger partial charge in [-0.15, -0.1) is 0 Å². The van der Waals surface area contributed by atoms with Crippen LogP contribution in [-0.2, 0) is 0 Å². The number of rotatable bonds is 2. The average molecular weight is 224 g/mol. The lowest BCUT2D eigenvalue weighted by Crippen LogP contribution is -2.55. The van der Waals surface area contributed by atoms with Crippen molar-refractivity contribution in [2.45, 2.75) is 76.9 Å². The molecule has 1 N–H and O–H groups in total. The maximum Gasteiger partial charge on any atom is 0.136 e. The van der Waals surface area contributed by atoms with E-state index >= 15 is 0 Å². The summed E-state index contributed by atoms with van der Waals surface area (Å²) in [5, 5.41) is 12.2. The van der Waals surface area contributed by atoms with Crippen molar-refractivity contribution in [2.75, 3.05) is 0 Å². The summed E-state index contributed by atoms with van der Waals surface area (Å²) in [6, 6.07) is 0. The Kier molecular flexibility index (Phi) is 3.10. The second-order valence-electron chi connectivity index (χ2n) is 5.29. The Balaban J connectivity index is 2.33. The van der Waals surface area contributed by atoms with Gasteiger partial charge in [-0.1, -0.05) is 20.3 Å². The van der Waals surface area contributed by atoms with E-state index in [9.17, 15) is 5.21 Å². The molecular formula is C13H24N2O. The minimum absolute atomic E-state index is 0.197. The van der Waals surface area contributed by atoms with E-state index in [0.29, 0.717) is 0 Å². The maximum atomic E-state index is 10.6. The van der Waals surface area contributed by atoms with E-state index in [1.807, 2.05) is 0 Å². The predicted octanol–water partition coefficient (Wildman–Crippen LogP) is 3.37. The van der Waals surface area contributed by atoms with Crippen LogP contribution in [0.2, 0.25) is 0 Å². The van der Waals surface area contributed by atoms with Crippen molar-refractivity contribution in [3.05, 3.63) is 0 Å². The molecule has 16 heavy (non-hydrogen) atoms. The fraction of sp³-hybridized carbons (Fsp3) is 0.923. The van der Waals surface area contributed by atoms with E-state index in [2.05, 4.69) is 20.8 Å². The molecule has 0 atom stereocenters. The third kappa shape index (κ3) is 1.45. The lowest BCUT2D eigenvalue weighted by molar-refractivity contribution is -0.218. The molecule has 1 fully saturated rings. The largest absolute Gasteiger partial charge is 0.311 e. The Morgan fingerprint density at radius 2 is 1.75 bits per heavy atom. The highest BCUT2D eigenvalue weighted by molar-refractivity contribution is 5.93. The van der Waals surface area contributed by atoms with Crippen molar-refractivity contribution in [1.82, 2.24) is 5.06 Å². The summed E-state index contributed by atoms with van der Waals surface area (Å²) in [4.78, 5) is 4.85. The van der Waals surface area contributed by atoms with Gasteiger partial charge in [0.05, 0.1) is 5.54 Å². The summed E-state index contributed by atoms with van der Waals surface area (Å²) in [7, 11) is 0. The molecule has 2 aliphatic rings. The monoisotopic (exact) mass is 224 g/mol. The van der Waals surface area contributed by atoms with Crippen LogP contribution in [0.3, 0.4) is 0 Å². The van der Waals surface area contributed by atoms with Crippen LogP contribution in [0.1, 0.15) is 65.7 Å². The Morgan fingerprint density at radius 1 is 1.19 bits per heavy atom. The number of nitrogens with zero attached hydrogens (tertiary/aromatic N) is 2. The second kappa shape index (κ2) is 4.11. The summed E-state index contributed by atoms with van der Waals surface area (Å²) in [5.74, 6) is 0. The maximum absolute atomic E-state index is 10.6. The van der Waals surface area contributed by atoms with Crippen molar-refractivity contribution in [1.29, 1.82) is 0 Å². The molecule has 0 saturated heterocycles. The highest BCUT2D eigenvalue weighted by atomic mass is 16.5. The highest BCUT2D eigenvalue weighted by Gasteiger charge is 2.53. The Morgan fingerprint density at radius 3 is 2.19 bits per heavy atom. The van der Waals surface area contributed by atoms with Gasteiger partial charge in [0, 0.05) is 5.71 Å². The van der Waals surface area contributed by atoms with E-state index in [0.717, 1.165) is 31.4 Å². The summed E-state index contributed by atoms with van der Waals surface area (Å²) in [6.45, 7) is 6.38. The molecule has 1 aliphatic heterocycles. The van der Waals surface area contributed by atoms with Crippen molar-refractivity contribution >= 4 is 5.71 Å². The average Bonchev–Trinajstić information content (AvgIpc) is 2.50. The molecule has 0 aromatic rings. The van der Waals surface area contributed by atoms with Crippen LogP contribution in [0.15, 0.2) is 4.99 Å². The molecular weight excluding hydrogens is 200 g/mol. The van der Waals surface area contributed by atoms with Gasteiger partial charge in [0.1, 0.15) is 5.66 Å². The van der Waals surface area contributed by atoms with Gasteiger partial charge in [0.25, 0.3) is 0 Å². The van der Waals surface area contributed by atoms with Crippen LogP contribution in [-0.4, -0.2) is 27.2 Å². The van der Waals surface area contributed by atoms with Crippen molar-refractivity contribution in [3.63, 3.8) is 0 Å². The smallest absolute Gasteiger partial charge is 0.136 e. The first kappa shape index (κ1) is 12.1. The SMILES string of the molecule is CCC1(CC)C(C)=NC2(CCCCC2)N1O. The Labute approximate surface area is 98.5 Å². The van der Waals surface area contributed by atoms with Gasteiger partial charge in [-0.3, -0.25) is 4.99 Å². The molecule has 0 bridgehead atoms. The fourth-order valence-corrected chi connectivity index (χ4v) is 3.52. The normalized spacial score (nSPS) is 28.4. The lowest BCUT2D eigenvalue weighted by atomic mass is 9.85. The highest BCUT2D eigenvalue weighted by Crippen LogP contribution is 2.45. The van der Waals surface area contributed by atoms with Crippen molar-refractivity contribution in [2.24, 2.45) is 4.99 Å². The molecule has 1 saturated carbocycles. The van der Waals surface area contributed by atoms with Crippen LogP contribution in [0.4, 0.5) is 0 Å². The lowest BCUT2D eigenvalue weighted by Gasteiger charge is -2.43. The van der Waals surface area contributed by atoms with Crippen LogP contribution in [0.5, 0.6) is 0 Å². The summed E-state index contributed by atoms with van der Waals surface area (Å²) in [6.07, 6.45) is 7.59. The van der Waals surface area contributed by atoms with Gasteiger partial charge < -0.3 is 5.21 Å². The third-order valence-electron chi connectivity index (χ3n) is 4.67. The molecule has 0 aromatic heterocycles. The van der Waals surface area contributed by atoms with Crippen LogP contribution in [0, 0.1) is 0 Å². The number of aliphatic imine (C=N–C) groups is 1. The van der Waals surface area contributed by atoms with Crippen LogP contribution in [0.25, 0.3) is 0 Å². The molecule has 3 heteroatoms. The predicted molar refractivity (Wildman–Crippen MR) is 65.9 cm³/mol. The quantitative estimate of drug-likeness (QED) is 0.780. The van der Waals surface area contributed by atoms with E-state index in [4.69, 9.17) is 4.99 Å². The number of hydroxylamine groups is 2. The zero-order valence-corrected chi connectivity index (χ0v) is 10.8. The van der Waals surface area contributed by atoms with E-state index in [1.54, 1.807) is 5.06 Å². The summed E-state index contributed by atoms with van der Waals surface area (Å²) >= 11 is 0. The Hall–Kier alpha value is -0.410. The van der Waals surface area contributed by atoms with Gasteiger partial charge in [-0.25, -0.2) is 0 Å². The van der Waals surface area contributed by atoms with E-state index < -0.39 is 0 Å². The first-order chi connectivity index (χ1) is 7.61. The summed E-state index contributed by atoms with van der Waals surface area (Å²) < 4.78 is 0. The van der Waals surface area contributed by atoms with Crippen molar-refractivity contribution in [3.8, 4) is 0 Å². The molecule has 2 rings (SSSR count). The second-order valence-corrected chi connectivity index (χ2v) is 5.29. The van der Waals surface area contributed by atoms with Gasteiger partial charge >= 0.3 is 0 Å². The fourth-order valence-electron chi connectivity index (χ4n) is 3.52. The number of hydrogen-bond donors (Lipinski definition) is 1. The van der Waals surface area contributed by atoms with E-state index in [-0.39, 0.29) is 11.2 Å². The number of hydrogen-bond acceptors (Lipinski definition) is 3. The molecule has 0 amide bonds. The zero-order valence-electron chi connectivity index (χ0n) is 10.8. The van der Waals surface area contributed by atoms with Gasteiger partial charge in [0.2, 0.25) is 0 Å². The molecule has 0 aromatic carbocycles. The topological polar surface area (TPSA) is 35.8 Å². The molecule has 0 radical (unpaired) electrons. The Bertz CT molecular complexity index is 288. The zero-order chi connectivity index (χ0) is 11.8. The van der Waals surface area contributed by atoms with E-state index in [1.165, 1.54) is 19.3 Å². The van der Waals surface area contributed by atoms with Gasteiger partial charge in [-0.05, 0) is 45.4 Å². The molecule has 92 valence electrons. The molecule has 1 heterocycles. The van der Waals surface area contributed by atoms with Crippen molar-refractivity contribution < 1.29 is 5.21 Å². The van der Waals surface area contributed by atoms with Gasteiger partial charge in [0.15, 0.2) is 0 Å². The van der Waals surface area contributed by atoms with Gasteiger partial charge in [-0.2, -0.15) is 5.06 Å².